The van der Waals surface area contributed by atoms with Crippen LogP contribution in [0.1, 0.15) is 39.2 Å². The Labute approximate surface area is 161 Å². The van der Waals surface area contributed by atoms with Crippen molar-refractivity contribution in [3.05, 3.63) is 23.8 Å². The molecule has 2 rings (SSSR count). The van der Waals surface area contributed by atoms with Gasteiger partial charge < -0.3 is 15.8 Å². The van der Waals surface area contributed by atoms with Crippen LogP contribution in [0.5, 0.6) is 0 Å². The van der Waals surface area contributed by atoms with Crippen LogP contribution in [0.2, 0.25) is 0 Å². The van der Waals surface area contributed by atoms with E-state index in [9.17, 15) is 13.2 Å². The summed E-state index contributed by atoms with van der Waals surface area (Å²) < 4.78 is 33.1. The summed E-state index contributed by atoms with van der Waals surface area (Å²) in [6.07, 6.45) is 0.864. The Bertz CT molecular complexity index is 754. The summed E-state index contributed by atoms with van der Waals surface area (Å²) in [6, 6.07) is 4.80. The van der Waals surface area contributed by atoms with Gasteiger partial charge in [-0.2, -0.15) is 0 Å². The molecule has 0 atom stereocenters. The molecule has 1 fully saturated rings. The van der Waals surface area contributed by atoms with Crippen molar-refractivity contribution < 1.29 is 17.9 Å². The van der Waals surface area contributed by atoms with Gasteiger partial charge in [0.2, 0.25) is 15.9 Å². The van der Waals surface area contributed by atoms with Crippen LogP contribution < -0.4 is 15.8 Å². The van der Waals surface area contributed by atoms with E-state index in [1.54, 1.807) is 39.8 Å². The molecule has 7 nitrogen and oxygen atoms in total. The molecule has 0 aromatic heterocycles. The number of hydrogen-bond acceptors (Lipinski definition) is 5. The fourth-order valence-electron chi connectivity index (χ4n) is 2.64. The van der Waals surface area contributed by atoms with Crippen molar-refractivity contribution in [3.8, 4) is 0 Å². The topological polar surface area (TPSA) is 111 Å². The Kier molecular flexibility index (Phi) is 7.23. The van der Waals surface area contributed by atoms with Gasteiger partial charge in [0.1, 0.15) is 5.54 Å². The smallest absolute Gasteiger partial charge is 0.244 e. The molecule has 1 amide bonds. The van der Waals surface area contributed by atoms with Gasteiger partial charge in [-0.05, 0) is 58.2 Å². The highest BCUT2D eigenvalue weighted by Crippen LogP contribution is 2.24. The number of carbonyl (C=O) groups excluding carboxylic acids is 1. The number of rotatable bonds is 4. The lowest BCUT2D eigenvalue weighted by Gasteiger charge is -2.31. The fourth-order valence-corrected chi connectivity index (χ4v) is 4.33. The zero-order valence-corrected chi connectivity index (χ0v) is 17.2. The molecule has 0 bridgehead atoms. The van der Waals surface area contributed by atoms with Crippen molar-refractivity contribution in [2.75, 3.05) is 18.5 Å². The first kappa shape index (κ1) is 22.9. The monoisotopic (exact) mass is 405 g/mol. The van der Waals surface area contributed by atoms with Gasteiger partial charge in [-0.1, -0.05) is 6.07 Å². The summed E-state index contributed by atoms with van der Waals surface area (Å²) in [5.74, 6) is -0.327. The molecule has 1 aliphatic heterocycles. The van der Waals surface area contributed by atoms with Crippen molar-refractivity contribution in [2.24, 2.45) is 5.73 Å². The second-order valence-corrected chi connectivity index (χ2v) is 9.21. The molecule has 148 valence electrons. The summed E-state index contributed by atoms with van der Waals surface area (Å²) >= 11 is 0. The molecule has 1 aliphatic rings. The van der Waals surface area contributed by atoms with Gasteiger partial charge in [-0.15, -0.1) is 12.4 Å². The molecule has 0 radical (unpaired) electrons. The molecular weight excluding hydrogens is 378 g/mol. The highest BCUT2D eigenvalue weighted by atomic mass is 35.5. The summed E-state index contributed by atoms with van der Waals surface area (Å²) in [5, 5.41) is 2.74. The minimum absolute atomic E-state index is 0. The van der Waals surface area contributed by atoms with Crippen LogP contribution in [-0.2, 0) is 19.6 Å². The maximum absolute atomic E-state index is 12.6. The van der Waals surface area contributed by atoms with Crippen LogP contribution in [-0.4, -0.2) is 38.6 Å². The van der Waals surface area contributed by atoms with Gasteiger partial charge in [0, 0.05) is 24.4 Å². The number of carbonyl (C=O) groups is 1. The summed E-state index contributed by atoms with van der Waals surface area (Å²) in [4.78, 5) is 12.6. The Morgan fingerprint density at radius 3 is 2.35 bits per heavy atom. The van der Waals surface area contributed by atoms with Crippen molar-refractivity contribution in [2.45, 2.75) is 56.5 Å². The molecule has 0 aliphatic carbocycles. The number of sulfonamides is 1. The first-order chi connectivity index (χ1) is 11.4. The maximum Gasteiger partial charge on any atom is 0.244 e. The van der Waals surface area contributed by atoms with Gasteiger partial charge in [-0.25, -0.2) is 13.1 Å². The highest BCUT2D eigenvalue weighted by molar-refractivity contribution is 7.89. The predicted molar refractivity (Wildman–Crippen MR) is 104 cm³/mol. The number of nitrogens with two attached hydrogens (primary N) is 1. The van der Waals surface area contributed by atoms with E-state index in [2.05, 4.69) is 10.0 Å². The van der Waals surface area contributed by atoms with E-state index in [0.29, 0.717) is 37.3 Å². The van der Waals surface area contributed by atoms with Crippen LogP contribution in [0.4, 0.5) is 5.69 Å². The van der Waals surface area contributed by atoms with Gasteiger partial charge in [-0.3, -0.25) is 4.79 Å². The maximum atomic E-state index is 12.6. The number of ether oxygens (including phenoxy) is 1. The Hall–Kier alpha value is -1.19. The highest BCUT2D eigenvalue weighted by Gasteiger charge is 2.36. The SMILES string of the molecule is Cc1ccc(NC(=O)C2(N)CCOCC2)cc1S(=O)(=O)NC(C)(C)C.Cl. The molecule has 26 heavy (non-hydrogen) atoms. The first-order valence-electron chi connectivity index (χ1n) is 8.26. The summed E-state index contributed by atoms with van der Waals surface area (Å²) in [6.45, 7) is 7.91. The summed E-state index contributed by atoms with van der Waals surface area (Å²) in [5.41, 5.74) is 5.57. The predicted octanol–water partition coefficient (Wildman–Crippen LogP) is 1.94. The number of aryl methyl sites for hydroxylation is 1. The minimum atomic E-state index is -3.70. The van der Waals surface area contributed by atoms with Gasteiger partial charge >= 0.3 is 0 Å². The van der Waals surface area contributed by atoms with E-state index in [4.69, 9.17) is 10.5 Å². The molecule has 1 aromatic carbocycles. The average molecular weight is 406 g/mol. The number of anilines is 1. The third kappa shape index (κ3) is 5.65. The van der Waals surface area contributed by atoms with E-state index < -0.39 is 21.1 Å². The standard InChI is InChI=1S/C17H27N3O4S.ClH/c1-12-5-6-13(11-14(12)25(22,23)20-16(2,3)4)19-15(21)17(18)7-9-24-10-8-17;/h5-6,11,20H,7-10,18H2,1-4H3,(H,19,21);1H. The number of benzene rings is 1. The molecule has 1 heterocycles. The third-order valence-corrected chi connectivity index (χ3v) is 5.91. The number of amides is 1. The van der Waals surface area contributed by atoms with Crippen molar-refractivity contribution in [1.29, 1.82) is 0 Å². The van der Waals surface area contributed by atoms with Crippen molar-refractivity contribution in [3.63, 3.8) is 0 Å². The van der Waals surface area contributed by atoms with Crippen LogP contribution in [0.3, 0.4) is 0 Å². The molecule has 0 saturated carbocycles. The van der Waals surface area contributed by atoms with Crippen molar-refractivity contribution >= 4 is 34.0 Å². The van der Waals surface area contributed by atoms with E-state index in [1.165, 1.54) is 6.07 Å². The molecule has 1 saturated heterocycles. The largest absolute Gasteiger partial charge is 0.381 e. The second kappa shape index (κ2) is 8.22. The van der Waals surface area contributed by atoms with Gasteiger partial charge in [0.15, 0.2) is 0 Å². The molecule has 0 spiro atoms. The minimum Gasteiger partial charge on any atom is -0.381 e. The molecule has 1 aromatic rings. The Morgan fingerprint density at radius 1 is 1.23 bits per heavy atom. The number of hydrogen-bond donors (Lipinski definition) is 3. The zero-order chi connectivity index (χ0) is 18.9. The Balaban J connectivity index is 0.00000338. The van der Waals surface area contributed by atoms with E-state index in [1.807, 2.05) is 0 Å². The second-order valence-electron chi connectivity index (χ2n) is 7.56. The Morgan fingerprint density at radius 2 is 1.81 bits per heavy atom. The lowest BCUT2D eigenvalue weighted by molar-refractivity contribution is -0.124. The van der Waals surface area contributed by atoms with Crippen LogP contribution in [0.15, 0.2) is 23.1 Å². The average Bonchev–Trinajstić information content (AvgIpc) is 2.47. The van der Waals surface area contributed by atoms with Gasteiger partial charge in [0.05, 0.1) is 4.90 Å². The summed E-state index contributed by atoms with van der Waals surface area (Å²) in [7, 11) is -3.70. The lowest BCUT2D eigenvalue weighted by atomic mass is 9.90. The quantitative estimate of drug-likeness (QED) is 0.708. The molecular formula is C17H28ClN3O4S. The zero-order valence-electron chi connectivity index (χ0n) is 15.6. The van der Waals surface area contributed by atoms with E-state index in [-0.39, 0.29) is 23.2 Å². The number of nitrogens with one attached hydrogen (secondary N) is 2. The van der Waals surface area contributed by atoms with Gasteiger partial charge in [0.25, 0.3) is 0 Å². The fraction of sp³-hybridized carbons (Fsp3) is 0.588. The van der Waals surface area contributed by atoms with Crippen LogP contribution >= 0.6 is 12.4 Å². The van der Waals surface area contributed by atoms with E-state index in [0.717, 1.165) is 0 Å². The lowest BCUT2D eigenvalue weighted by Crippen LogP contribution is -2.54. The normalized spacial score (nSPS) is 17.3. The van der Waals surface area contributed by atoms with Crippen LogP contribution in [0.25, 0.3) is 0 Å². The van der Waals surface area contributed by atoms with Crippen LogP contribution in [0, 0.1) is 6.92 Å². The first-order valence-corrected chi connectivity index (χ1v) is 9.74. The third-order valence-electron chi connectivity index (χ3n) is 4.01. The van der Waals surface area contributed by atoms with Crippen molar-refractivity contribution in [1.82, 2.24) is 4.72 Å². The molecule has 4 N–H and O–H groups in total. The number of halogens is 1. The molecule has 9 heteroatoms. The molecule has 0 unspecified atom stereocenters. The van der Waals surface area contributed by atoms with E-state index >= 15 is 0 Å².